The van der Waals surface area contributed by atoms with Gasteiger partial charge in [0.15, 0.2) is 5.58 Å². The maximum Gasteiger partial charge on any atom is 0.270 e. The maximum absolute atomic E-state index is 13.8. The molecule has 42 heavy (non-hydrogen) atoms. The van der Waals surface area contributed by atoms with Crippen molar-refractivity contribution in [2.75, 3.05) is 44.7 Å². The van der Waals surface area contributed by atoms with Crippen LogP contribution in [0.25, 0.3) is 33.6 Å². The van der Waals surface area contributed by atoms with Crippen molar-refractivity contribution in [2.24, 2.45) is 5.92 Å². The minimum Gasteiger partial charge on any atom is -0.496 e. The first kappa shape index (κ1) is 26.4. The molecule has 10 heteroatoms. The summed E-state index contributed by atoms with van der Waals surface area (Å²) in [6, 6.07) is 13.3. The number of pyridine rings is 2. The lowest BCUT2D eigenvalue weighted by atomic mass is 9.84. The number of aromatic nitrogens is 2. The van der Waals surface area contributed by atoms with E-state index in [1.807, 2.05) is 35.2 Å². The zero-order valence-electron chi connectivity index (χ0n) is 23.3. The zero-order valence-corrected chi connectivity index (χ0v) is 23.3. The lowest BCUT2D eigenvalue weighted by molar-refractivity contribution is 0.0617. The lowest BCUT2D eigenvalue weighted by Crippen LogP contribution is -2.57. The Morgan fingerprint density at radius 3 is 2.67 bits per heavy atom. The molecule has 4 aromatic rings. The second kappa shape index (κ2) is 10.7. The Morgan fingerprint density at radius 1 is 1.10 bits per heavy atom. The van der Waals surface area contributed by atoms with Crippen molar-refractivity contribution in [3.8, 4) is 34.3 Å². The van der Waals surface area contributed by atoms with E-state index in [1.165, 1.54) is 0 Å². The van der Waals surface area contributed by atoms with Crippen molar-refractivity contribution in [2.45, 2.75) is 31.5 Å². The number of ether oxygens (including phenoxy) is 1. The number of hydrogen-bond donors (Lipinski definition) is 1. The fourth-order valence-electron chi connectivity index (χ4n) is 6.59. The number of furan rings is 1. The fourth-order valence-corrected chi connectivity index (χ4v) is 6.59. The molecule has 4 aliphatic rings. The van der Waals surface area contributed by atoms with Crippen LogP contribution >= 0.6 is 0 Å². The maximum atomic E-state index is 13.8. The molecule has 214 valence electrons. The summed E-state index contributed by atoms with van der Waals surface area (Å²) in [5.74, 6) is 1.28. The number of halogens is 1. The Labute approximate surface area is 242 Å². The van der Waals surface area contributed by atoms with Crippen LogP contribution in [0.4, 0.5) is 10.1 Å². The number of methoxy groups -OCH3 is 1. The number of hydrogen-bond acceptors (Lipinski definition) is 8. The predicted octanol–water partition coefficient (Wildman–Crippen LogP) is 4.81. The van der Waals surface area contributed by atoms with E-state index in [0.29, 0.717) is 64.9 Å². The highest BCUT2D eigenvalue weighted by molar-refractivity contribution is 5.95. The van der Waals surface area contributed by atoms with Gasteiger partial charge in [-0.1, -0.05) is 6.07 Å². The van der Waals surface area contributed by atoms with Gasteiger partial charge >= 0.3 is 0 Å². The smallest absolute Gasteiger partial charge is 0.270 e. The third-order valence-electron chi connectivity index (χ3n) is 8.87. The number of fused-ring (bicyclic) bond motifs is 4. The average Bonchev–Trinajstić information content (AvgIpc) is 3.67. The van der Waals surface area contributed by atoms with Crippen molar-refractivity contribution in [1.82, 2.24) is 20.2 Å². The molecule has 2 atom stereocenters. The molecule has 1 N–H and O–H groups in total. The third-order valence-corrected chi connectivity index (χ3v) is 8.87. The van der Waals surface area contributed by atoms with Gasteiger partial charge in [-0.15, -0.1) is 0 Å². The van der Waals surface area contributed by atoms with E-state index in [4.69, 9.17) is 9.15 Å². The van der Waals surface area contributed by atoms with Crippen LogP contribution in [0, 0.1) is 17.2 Å². The van der Waals surface area contributed by atoms with Crippen LogP contribution in [-0.2, 0) is 0 Å². The molecule has 2 bridgehead atoms. The van der Waals surface area contributed by atoms with Gasteiger partial charge in [-0.05, 0) is 62.0 Å². The molecular formula is C32H31FN6O3. The molecule has 4 saturated heterocycles. The Morgan fingerprint density at radius 2 is 1.95 bits per heavy atom. The topological polar surface area (TPSA) is 108 Å². The van der Waals surface area contributed by atoms with Crippen LogP contribution in [0.3, 0.4) is 0 Å². The summed E-state index contributed by atoms with van der Waals surface area (Å²) < 4.78 is 25.8. The van der Waals surface area contributed by atoms with Crippen LogP contribution in [0.2, 0.25) is 0 Å². The van der Waals surface area contributed by atoms with Gasteiger partial charge in [0, 0.05) is 55.8 Å². The second-order valence-corrected chi connectivity index (χ2v) is 11.3. The van der Waals surface area contributed by atoms with E-state index in [1.54, 1.807) is 25.6 Å². The van der Waals surface area contributed by atoms with Gasteiger partial charge in [0.1, 0.15) is 35.0 Å². The van der Waals surface area contributed by atoms with Crippen LogP contribution in [0.5, 0.6) is 5.75 Å². The van der Waals surface area contributed by atoms with Crippen molar-refractivity contribution < 1.29 is 18.3 Å². The molecule has 9 nitrogen and oxygen atoms in total. The number of rotatable bonds is 6. The Balaban J connectivity index is 1.18. The van der Waals surface area contributed by atoms with Gasteiger partial charge in [-0.3, -0.25) is 14.8 Å². The monoisotopic (exact) mass is 566 g/mol. The summed E-state index contributed by atoms with van der Waals surface area (Å²) >= 11 is 0. The van der Waals surface area contributed by atoms with Crippen LogP contribution < -0.4 is 15.0 Å². The van der Waals surface area contributed by atoms with Crippen LogP contribution in [0.1, 0.15) is 35.3 Å². The lowest BCUT2D eigenvalue weighted by Gasteiger charge is -2.44. The molecule has 8 rings (SSSR count). The number of nitrogens with one attached hydrogen (secondary N) is 1. The van der Waals surface area contributed by atoms with Gasteiger partial charge in [0.25, 0.3) is 5.91 Å². The highest BCUT2D eigenvalue weighted by Crippen LogP contribution is 2.38. The number of nitriles is 1. The molecule has 0 saturated carbocycles. The first-order valence-electron chi connectivity index (χ1n) is 14.4. The van der Waals surface area contributed by atoms with Crippen molar-refractivity contribution in [3.63, 3.8) is 0 Å². The number of amides is 1. The van der Waals surface area contributed by atoms with Gasteiger partial charge in [-0.2, -0.15) is 5.26 Å². The summed E-state index contributed by atoms with van der Waals surface area (Å²) in [5.41, 5.74) is 4.88. The summed E-state index contributed by atoms with van der Waals surface area (Å²) in [6.07, 6.45) is 5.11. The van der Waals surface area contributed by atoms with Crippen LogP contribution in [-0.4, -0.2) is 72.8 Å². The average molecular weight is 567 g/mol. The highest BCUT2D eigenvalue weighted by atomic mass is 19.1. The molecule has 0 unspecified atom stereocenters. The van der Waals surface area contributed by atoms with Gasteiger partial charge in [-0.25, -0.2) is 4.39 Å². The number of carbonyl (C=O) groups is 1. The number of carbonyl (C=O) groups excluding carboxylic acids is 1. The van der Waals surface area contributed by atoms with Gasteiger partial charge in [0.2, 0.25) is 0 Å². The number of nitrogens with zero attached hydrogens (tertiary/aromatic N) is 5. The molecule has 4 fully saturated rings. The highest BCUT2D eigenvalue weighted by Gasteiger charge is 2.35. The van der Waals surface area contributed by atoms with E-state index in [-0.39, 0.29) is 11.9 Å². The van der Waals surface area contributed by atoms with Crippen molar-refractivity contribution >= 4 is 22.7 Å². The zero-order chi connectivity index (χ0) is 28.8. The van der Waals surface area contributed by atoms with Crippen molar-refractivity contribution in [3.05, 3.63) is 60.0 Å². The number of anilines is 1. The van der Waals surface area contributed by atoms with Crippen LogP contribution in [0.15, 0.2) is 53.2 Å². The summed E-state index contributed by atoms with van der Waals surface area (Å²) in [6.45, 7) is 3.98. The molecule has 0 spiro atoms. The number of piperidine rings is 3. The number of alkyl halides is 1. The van der Waals surface area contributed by atoms with Gasteiger partial charge in [0.05, 0.1) is 23.9 Å². The molecule has 7 heterocycles. The van der Waals surface area contributed by atoms with E-state index in [0.717, 1.165) is 49.3 Å². The van der Waals surface area contributed by atoms with E-state index in [9.17, 15) is 14.4 Å². The summed E-state index contributed by atoms with van der Waals surface area (Å²) in [5, 5.41) is 13.0. The largest absolute Gasteiger partial charge is 0.496 e. The molecule has 3 aromatic heterocycles. The molecule has 4 aliphatic heterocycles. The fraction of sp³-hybridized carbons (Fsp3) is 0.375. The van der Waals surface area contributed by atoms with E-state index in [2.05, 4.69) is 26.3 Å². The van der Waals surface area contributed by atoms with Crippen molar-refractivity contribution in [1.29, 1.82) is 5.26 Å². The third kappa shape index (κ3) is 4.73. The minimum absolute atomic E-state index is 0.138. The Bertz CT molecular complexity index is 1710. The molecule has 1 aromatic carbocycles. The first-order valence-corrected chi connectivity index (χ1v) is 14.4. The quantitative estimate of drug-likeness (QED) is 0.354. The second-order valence-electron chi connectivity index (χ2n) is 11.3. The molecule has 0 radical (unpaired) electrons. The predicted molar refractivity (Wildman–Crippen MR) is 156 cm³/mol. The van der Waals surface area contributed by atoms with E-state index < -0.39 is 6.17 Å². The summed E-state index contributed by atoms with van der Waals surface area (Å²) in [4.78, 5) is 26.4. The Hall–Kier alpha value is -4.49. The molecule has 0 aliphatic carbocycles. The summed E-state index contributed by atoms with van der Waals surface area (Å²) in [7, 11) is 1.55. The molecule has 1 amide bonds. The number of benzene rings is 1. The standard InChI is InChI=1S/C32H31FN6O3/c1-41-29-14-26(32(40)37-27-18-38-9-5-19(27)6-10-38)36-16-24(29)30-13-25-31(42-30)23(4-8-35-25)20-2-3-28(21(12-20)15-34)39-11-7-22(33)17-39/h2-4,8,12-14,16,19,22,27H,5-7,9-11,17-18H2,1H3,(H,37,40)/t22-,27-/m1/s1. The van der Waals surface area contributed by atoms with E-state index >= 15 is 0 Å². The SMILES string of the molecule is COc1cc(C(=O)N[C@@H]2CN3CCC2CC3)ncc1-c1cc2nccc(-c3ccc(N4CC[C@@H](F)C4)c(C#N)c3)c2o1. The van der Waals surface area contributed by atoms with Gasteiger partial charge < -0.3 is 24.3 Å². The Kier molecular flexibility index (Phi) is 6.75. The normalized spacial score (nSPS) is 23.2. The first-order chi connectivity index (χ1) is 20.5. The molecular weight excluding hydrogens is 535 g/mol. The minimum atomic E-state index is -0.877.